The summed E-state index contributed by atoms with van der Waals surface area (Å²) < 4.78 is 1.40. The first kappa shape index (κ1) is 16.4. The Morgan fingerprint density at radius 3 is 3.00 bits per heavy atom. The Hall–Kier alpha value is -3.82. The van der Waals surface area contributed by atoms with E-state index in [1.54, 1.807) is 35.2 Å². The first-order valence-corrected chi connectivity index (χ1v) is 8.85. The van der Waals surface area contributed by atoms with E-state index in [4.69, 9.17) is 0 Å². The normalized spacial score (nSPS) is 18.4. The van der Waals surface area contributed by atoms with Crippen LogP contribution in [0.1, 0.15) is 33.6 Å². The number of amides is 3. The number of benzene rings is 1. The van der Waals surface area contributed by atoms with Crippen LogP contribution in [0.4, 0.5) is 11.4 Å². The maximum absolute atomic E-state index is 12.9. The van der Waals surface area contributed by atoms with Crippen LogP contribution in [0.15, 0.2) is 36.5 Å². The number of nitrogens with zero attached hydrogens (tertiary/aromatic N) is 5. The number of pyridine rings is 1. The second kappa shape index (κ2) is 6.12. The standard InChI is InChI=1S/C18H15N7O3/c26-16(10-3-6-15-21-22-23-25(15)9-10)19-11-4-5-13-12(8-11)18(28)24-7-1-2-14(24)17(27)20-13/h3-6,8-9,14H,1-2,7H2,(H,19,26)(H,20,27). The molecule has 0 radical (unpaired) electrons. The summed E-state index contributed by atoms with van der Waals surface area (Å²) in [5, 5.41) is 16.7. The van der Waals surface area contributed by atoms with E-state index in [1.165, 1.54) is 10.7 Å². The van der Waals surface area contributed by atoms with E-state index in [-0.39, 0.29) is 17.7 Å². The fraction of sp³-hybridized carbons (Fsp3) is 0.222. The molecule has 140 valence electrons. The second-order valence-electron chi connectivity index (χ2n) is 6.76. The van der Waals surface area contributed by atoms with Crippen LogP contribution in [0.5, 0.6) is 0 Å². The van der Waals surface area contributed by atoms with Gasteiger partial charge < -0.3 is 15.5 Å². The Bertz CT molecular complexity index is 1140. The van der Waals surface area contributed by atoms with Gasteiger partial charge in [0.25, 0.3) is 11.8 Å². The molecule has 0 spiro atoms. The first-order chi connectivity index (χ1) is 13.6. The van der Waals surface area contributed by atoms with E-state index in [9.17, 15) is 14.4 Å². The average molecular weight is 377 g/mol. The molecule has 2 aliphatic rings. The summed E-state index contributed by atoms with van der Waals surface area (Å²) in [5.74, 6) is -0.736. The van der Waals surface area contributed by atoms with Gasteiger partial charge in [0.05, 0.1) is 16.8 Å². The molecule has 2 aromatic heterocycles. The Morgan fingerprint density at radius 1 is 1.21 bits per heavy atom. The van der Waals surface area contributed by atoms with Gasteiger partial charge in [0, 0.05) is 18.4 Å². The van der Waals surface area contributed by atoms with Crippen LogP contribution in [-0.2, 0) is 4.79 Å². The van der Waals surface area contributed by atoms with E-state index >= 15 is 0 Å². The molecule has 1 unspecified atom stereocenters. The largest absolute Gasteiger partial charge is 0.327 e. The molecular formula is C18H15N7O3. The lowest BCUT2D eigenvalue weighted by Gasteiger charge is -2.20. The second-order valence-corrected chi connectivity index (χ2v) is 6.76. The van der Waals surface area contributed by atoms with Gasteiger partial charge in [0.1, 0.15) is 6.04 Å². The lowest BCUT2D eigenvalue weighted by atomic mass is 10.1. The third-order valence-electron chi connectivity index (χ3n) is 5.04. The SMILES string of the molecule is O=C(Nc1ccc2c(c1)C(=O)N1CCCC1C(=O)N2)c1ccc2nnnn2c1. The lowest BCUT2D eigenvalue weighted by Crippen LogP contribution is -2.40. The number of anilines is 2. The molecule has 3 amide bonds. The zero-order valence-electron chi connectivity index (χ0n) is 14.6. The van der Waals surface area contributed by atoms with Crippen LogP contribution >= 0.6 is 0 Å². The molecule has 3 aromatic rings. The summed E-state index contributed by atoms with van der Waals surface area (Å²) >= 11 is 0. The van der Waals surface area contributed by atoms with Gasteiger partial charge in [0.2, 0.25) is 5.91 Å². The highest BCUT2D eigenvalue weighted by atomic mass is 16.2. The van der Waals surface area contributed by atoms with Gasteiger partial charge in [-0.3, -0.25) is 14.4 Å². The molecule has 1 fully saturated rings. The van der Waals surface area contributed by atoms with Crippen molar-refractivity contribution in [2.45, 2.75) is 18.9 Å². The number of fused-ring (bicyclic) bond motifs is 3. The van der Waals surface area contributed by atoms with Crippen LogP contribution in [0.25, 0.3) is 5.65 Å². The highest BCUT2D eigenvalue weighted by molar-refractivity contribution is 6.11. The summed E-state index contributed by atoms with van der Waals surface area (Å²) in [6, 6.07) is 7.69. The van der Waals surface area contributed by atoms with Crippen molar-refractivity contribution >= 4 is 34.7 Å². The molecule has 1 saturated heterocycles. The molecule has 10 heteroatoms. The van der Waals surface area contributed by atoms with Gasteiger partial charge in [0.15, 0.2) is 5.65 Å². The molecule has 0 aliphatic carbocycles. The molecule has 4 heterocycles. The molecule has 1 aromatic carbocycles. The van der Waals surface area contributed by atoms with Crippen molar-refractivity contribution in [3.63, 3.8) is 0 Å². The predicted molar refractivity (Wildman–Crippen MR) is 97.9 cm³/mol. The molecule has 2 N–H and O–H groups in total. The Kier molecular flexibility index (Phi) is 3.57. The van der Waals surface area contributed by atoms with Crippen molar-refractivity contribution in [3.05, 3.63) is 47.7 Å². The summed E-state index contributed by atoms with van der Waals surface area (Å²) in [6.07, 6.45) is 2.98. The highest BCUT2D eigenvalue weighted by Crippen LogP contribution is 2.30. The van der Waals surface area contributed by atoms with Gasteiger partial charge in [-0.1, -0.05) is 0 Å². The summed E-state index contributed by atoms with van der Waals surface area (Å²) in [5.41, 5.74) is 2.18. The topological polar surface area (TPSA) is 122 Å². The number of aromatic nitrogens is 4. The van der Waals surface area contributed by atoms with Crippen LogP contribution in [-0.4, -0.2) is 55.2 Å². The summed E-state index contributed by atoms with van der Waals surface area (Å²) in [7, 11) is 0. The molecule has 10 nitrogen and oxygen atoms in total. The molecule has 28 heavy (non-hydrogen) atoms. The van der Waals surface area contributed by atoms with Gasteiger partial charge in [-0.2, -0.15) is 4.52 Å². The van der Waals surface area contributed by atoms with Crippen LogP contribution < -0.4 is 10.6 Å². The number of rotatable bonds is 2. The number of carbonyl (C=O) groups excluding carboxylic acids is 3. The number of tetrazole rings is 1. The van der Waals surface area contributed by atoms with Crippen molar-refractivity contribution in [3.8, 4) is 0 Å². The number of hydrogen-bond acceptors (Lipinski definition) is 6. The number of nitrogens with one attached hydrogen (secondary N) is 2. The lowest BCUT2D eigenvalue weighted by molar-refractivity contribution is -0.119. The maximum Gasteiger partial charge on any atom is 0.257 e. The molecule has 0 saturated carbocycles. The Morgan fingerprint density at radius 2 is 2.11 bits per heavy atom. The Balaban J connectivity index is 1.44. The average Bonchev–Trinajstić information content (AvgIpc) is 3.35. The minimum absolute atomic E-state index is 0.170. The quantitative estimate of drug-likeness (QED) is 0.685. The molecule has 1 atom stereocenters. The molecular weight excluding hydrogens is 362 g/mol. The fourth-order valence-corrected chi connectivity index (χ4v) is 3.64. The van der Waals surface area contributed by atoms with Crippen molar-refractivity contribution < 1.29 is 14.4 Å². The zero-order chi connectivity index (χ0) is 19.3. The number of carbonyl (C=O) groups is 3. The van der Waals surface area contributed by atoms with Gasteiger partial charge in [-0.05, 0) is 53.6 Å². The Labute approximate surface area is 158 Å². The van der Waals surface area contributed by atoms with Crippen LogP contribution in [0.2, 0.25) is 0 Å². The smallest absolute Gasteiger partial charge is 0.257 e. The predicted octanol–water partition coefficient (Wildman–Crippen LogP) is 0.933. The van der Waals surface area contributed by atoms with Crippen molar-refractivity contribution in [2.24, 2.45) is 0 Å². The monoisotopic (exact) mass is 377 g/mol. The minimum Gasteiger partial charge on any atom is -0.327 e. The van der Waals surface area contributed by atoms with E-state index in [2.05, 4.69) is 26.2 Å². The van der Waals surface area contributed by atoms with Crippen LogP contribution in [0.3, 0.4) is 0 Å². The van der Waals surface area contributed by atoms with E-state index in [0.717, 1.165) is 6.42 Å². The number of hydrogen-bond donors (Lipinski definition) is 2. The maximum atomic E-state index is 12.9. The summed E-state index contributed by atoms with van der Waals surface area (Å²) in [4.78, 5) is 39.4. The third kappa shape index (κ3) is 2.57. The van der Waals surface area contributed by atoms with Gasteiger partial charge in [-0.15, -0.1) is 5.10 Å². The fourth-order valence-electron chi connectivity index (χ4n) is 3.64. The molecule has 0 bridgehead atoms. The van der Waals surface area contributed by atoms with Crippen molar-refractivity contribution in [2.75, 3.05) is 17.2 Å². The third-order valence-corrected chi connectivity index (χ3v) is 5.04. The van der Waals surface area contributed by atoms with Gasteiger partial charge >= 0.3 is 0 Å². The molecule has 5 rings (SSSR count). The van der Waals surface area contributed by atoms with E-state index in [1.807, 2.05) is 0 Å². The minimum atomic E-state index is -0.430. The first-order valence-electron chi connectivity index (χ1n) is 8.85. The zero-order valence-corrected chi connectivity index (χ0v) is 14.6. The van der Waals surface area contributed by atoms with E-state index in [0.29, 0.717) is 41.1 Å². The van der Waals surface area contributed by atoms with Crippen LogP contribution in [0, 0.1) is 0 Å². The van der Waals surface area contributed by atoms with Gasteiger partial charge in [-0.25, -0.2) is 0 Å². The van der Waals surface area contributed by atoms with E-state index < -0.39 is 6.04 Å². The molecule has 2 aliphatic heterocycles. The highest BCUT2D eigenvalue weighted by Gasteiger charge is 2.38. The van der Waals surface area contributed by atoms with Crippen molar-refractivity contribution in [1.29, 1.82) is 0 Å². The van der Waals surface area contributed by atoms with Crippen molar-refractivity contribution in [1.82, 2.24) is 24.9 Å². The summed E-state index contributed by atoms with van der Waals surface area (Å²) in [6.45, 7) is 0.554.